The Morgan fingerprint density at radius 1 is 1.22 bits per heavy atom. The molecule has 1 heterocycles. The molecule has 2 aromatic rings. The number of carbonyl (C=O) groups excluding carboxylic acids is 1. The summed E-state index contributed by atoms with van der Waals surface area (Å²) in [5, 5.41) is 0. The average molecular weight is 242 g/mol. The average Bonchev–Trinajstić information content (AvgIpc) is 2.37. The van der Waals surface area contributed by atoms with Gasteiger partial charge in [0.15, 0.2) is 11.6 Å². The molecule has 0 fully saturated rings. The highest BCUT2D eigenvalue weighted by atomic mass is 19.1. The Bertz CT molecular complexity index is 591. The summed E-state index contributed by atoms with van der Waals surface area (Å²) in [5.74, 6) is -0.0943. The van der Waals surface area contributed by atoms with E-state index in [9.17, 15) is 9.18 Å². The van der Waals surface area contributed by atoms with Crippen LogP contribution in [0.3, 0.4) is 0 Å². The molecule has 90 valence electrons. The number of hydrogen-bond donors (Lipinski definition) is 0. The van der Waals surface area contributed by atoms with E-state index in [0.717, 1.165) is 5.69 Å². The van der Waals surface area contributed by atoms with Crippen molar-refractivity contribution in [2.75, 3.05) is 0 Å². The summed E-state index contributed by atoms with van der Waals surface area (Å²) in [6, 6.07) is 7.17. The van der Waals surface area contributed by atoms with Gasteiger partial charge in [0.1, 0.15) is 5.82 Å². The molecule has 0 unspecified atom stereocenters. The lowest BCUT2D eigenvalue weighted by Crippen LogP contribution is -1.95. The molecule has 3 nitrogen and oxygen atoms in total. The van der Waals surface area contributed by atoms with Crippen LogP contribution in [0.4, 0.5) is 4.39 Å². The molecule has 4 heteroatoms. The van der Waals surface area contributed by atoms with Gasteiger partial charge in [-0.1, -0.05) is 0 Å². The smallest absolute Gasteiger partial charge is 0.185 e. The Labute approximate surface area is 104 Å². The molecule has 0 N–H and O–H groups in total. The van der Waals surface area contributed by atoms with Crippen LogP contribution in [0.5, 0.6) is 0 Å². The molecular weight excluding hydrogens is 231 g/mol. The molecule has 1 aromatic carbocycles. The van der Waals surface area contributed by atoms with E-state index >= 15 is 0 Å². The van der Waals surface area contributed by atoms with Gasteiger partial charge in [-0.25, -0.2) is 14.4 Å². The van der Waals surface area contributed by atoms with Crippen LogP contribution in [0.15, 0.2) is 42.6 Å². The molecule has 0 aliphatic carbocycles. The van der Waals surface area contributed by atoms with Gasteiger partial charge in [-0.2, -0.15) is 0 Å². The van der Waals surface area contributed by atoms with Crippen LogP contribution in [0, 0.1) is 12.7 Å². The molecule has 0 saturated carbocycles. The summed E-state index contributed by atoms with van der Waals surface area (Å²) >= 11 is 0. The number of nitrogens with zero attached hydrogens (tertiary/aromatic N) is 2. The number of benzene rings is 1. The molecule has 0 bridgehead atoms. The topological polar surface area (TPSA) is 42.9 Å². The number of hydrogen-bond acceptors (Lipinski definition) is 3. The SMILES string of the molecule is Cc1ccnc(/C=C/C(=O)c2ccc(F)cc2)n1. The van der Waals surface area contributed by atoms with Crippen molar-refractivity contribution in [2.24, 2.45) is 0 Å². The van der Waals surface area contributed by atoms with Crippen molar-refractivity contribution < 1.29 is 9.18 Å². The van der Waals surface area contributed by atoms with E-state index in [0.29, 0.717) is 11.4 Å². The van der Waals surface area contributed by atoms with Gasteiger partial charge in [-0.3, -0.25) is 4.79 Å². The van der Waals surface area contributed by atoms with Crippen LogP contribution in [-0.2, 0) is 0 Å². The number of aromatic nitrogens is 2. The summed E-state index contributed by atoms with van der Waals surface area (Å²) in [6.45, 7) is 1.85. The lowest BCUT2D eigenvalue weighted by molar-refractivity contribution is 0.104. The van der Waals surface area contributed by atoms with Crippen LogP contribution in [0.25, 0.3) is 6.08 Å². The predicted molar refractivity (Wildman–Crippen MR) is 66.5 cm³/mol. The third kappa shape index (κ3) is 3.07. The first-order valence-electron chi connectivity index (χ1n) is 5.43. The first-order valence-corrected chi connectivity index (χ1v) is 5.43. The fraction of sp³-hybridized carbons (Fsp3) is 0.0714. The largest absolute Gasteiger partial charge is 0.289 e. The quantitative estimate of drug-likeness (QED) is 0.614. The summed E-state index contributed by atoms with van der Waals surface area (Å²) < 4.78 is 12.7. The number of aryl methyl sites for hydroxylation is 1. The molecule has 2 rings (SSSR count). The zero-order chi connectivity index (χ0) is 13.0. The van der Waals surface area contributed by atoms with E-state index in [1.165, 1.54) is 30.3 Å². The molecule has 18 heavy (non-hydrogen) atoms. The van der Waals surface area contributed by atoms with E-state index in [2.05, 4.69) is 9.97 Å². The summed E-state index contributed by atoms with van der Waals surface area (Å²) in [6.07, 6.45) is 4.55. The number of allylic oxidation sites excluding steroid dienone is 1. The fourth-order valence-electron chi connectivity index (χ4n) is 1.41. The second kappa shape index (κ2) is 5.31. The van der Waals surface area contributed by atoms with Gasteiger partial charge in [0, 0.05) is 17.5 Å². The second-order valence-corrected chi connectivity index (χ2v) is 3.76. The standard InChI is InChI=1S/C14H11FN2O/c1-10-8-9-16-14(17-10)7-6-13(18)11-2-4-12(15)5-3-11/h2-9H,1H3/b7-6+. The highest BCUT2D eigenvalue weighted by Crippen LogP contribution is 2.05. The lowest BCUT2D eigenvalue weighted by Gasteiger charge is -1.96. The number of carbonyl (C=O) groups is 1. The minimum absolute atomic E-state index is 0.208. The van der Waals surface area contributed by atoms with E-state index in [4.69, 9.17) is 0 Å². The monoisotopic (exact) mass is 242 g/mol. The number of ketones is 1. The predicted octanol–water partition coefficient (Wildman–Crippen LogP) is 2.82. The first kappa shape index (κ1) is 12.1. The Morgan fingerprint density at radius 2 is 1.94 bits per heavy atom. The van der Waals surface area contributed by atoms with E-state index < -0.39 is 0 Å². The van der Waals surface area contributed by atoms with Crippen molar-refractivity contribution >= 4 is 11.9 Å². The fourth-order valence-corrected chi connectivity index (χ4v) is 1.41. The van der Waals surface area contributed by atoms with Gasteiger partial charge in [-0.05, 0) is 49.4 Å². The Balaban J connectivity index is 2.14. The third-order valence-electron chi connectivity index (χ3n) is 2.33. The summed E-state index contributed by atoms with van der Waals surface area (Å²) in [5.41, 5.74) is 1.26. The Hall–Kier alpha value is -2.36. The lowest BCUT2D eigenvalue weighted by atomic mass is 10.1. The third-order valence-corrected chi connectivity index (χ3v) is 2.33. The van der Waals surface area contributed by atoms with Gasteiger partial charge in [-0.15, -0.1) is 0 Å². The molecule has 0 saturated heterocycles. The molecule has 0 atom stereocenters. The van der Waals surface area contributed by atoms with Crippen molar-refractivity contribution in [3.8, 4) is 0 Å². The molecule has 0 aliphatic rings. The second-order valence-electron chi connectivity index (χ2n) is 3.76. The number of rotatable bonds is 3. The molecule has 0 radical (unpaired) electrons. The maximum absolute atomic E-state index is 12.7. The van der Waals surface area contributed by atoms with Crippen molar-refractivity contribution in [1.29, 1.82) is 0 Å². The van der Waals surface area contributed by atoms with E-state index in [1.54, 1.807) is 18.3 Å². The van der Waals surface area contributed by atoms with Crippen LogP contribution < -0.4 is 0 Å². The van der Waals surface area contributed by atoms with Crippen molar-refractivity contribution in [2.45, 2.75) is 6.92 Å². The molecule has 0 aliphatic heterocycles. The minimum Gasteiger partial charge on any atom is -0.289 e. The Morgan fingerprint density at radius 3 is 2.61 bits per heavy atom. The van der Waals surface area contributed by atoms with Crippen LogP contribution in [-0.4, -0.2) is 15.8 Å². The normalized spacial score (nSPS) is 10.8. The molecule has 0 spiro atoms. The van der Waals surface area contributed by atoms with Crippen LogP contribution in [0.2, 0.25) is 0 Å². The van der Waals surface area contributed by atoms with Crippen LogP contribution >= 0.6 is 0 Å². The van der Waals surface area contributed by atoms with Crippen molar-refractivity contribution in [3.05, 3.63) is 65.5 Å². The van der Waals surface area contributed by atoms with Gasteiger partial charge >= 0.3 is 0 Å². The molecular formula is C14H11FN2O. The zero-order valence-electron chi connectivity index (χ0n) is 9.80. The van der Waals surface area contributed by atoms with Crippen molar-refractivity contribution in [1.82, 2.24) is 9.97 Å². The number of halogens is 1. The van der Waals surface area contributed by atoms with Gasteiger partial charge < -0.3 is 0 Å². The maximum Gasteiger partial charge on any atom is 0.185 e. The molecule has 1 aromatic heterocycles. The van der Waals surface area contributed by atoms with Crippen LogP contribution in [0.1, 0.15) is 21.9 Å². The highest BCUT2D eigenvalue weighted by molar-refractivity contribution is 6.06. The van der Waals surface area contributed by atoms with Crippen molar-refractivity contribution in [3.63, 3.8) is 0 Å². The van der Waals surface area contributed by atoms with Gasteiger partial charge in [0.2, 0.25) is 0 Å². The maximum atomic E-state index is 12.7. The summed E-state index contributed by atoms with van der Waals surface area (Å²) in [7, 11) is 0. The molecule has 0 amide bonds. The minimum atomic E-state index is -0.363. The Kier molecular flexibility index (Phi) is 3.57. The first-order chi connectivity index (χ1) is 8.65. The highest BCUT2D eigenvalue weighted by Gasteiger charge is 2.01. The summed E-state index contributed by atoms with van der Waals surface area (Å²) in [4.78, 5) is 19.9. The zero-order valence-corrected chi connectivity index (χ0v) is 9.80. The van der Waals surface area contributed by atoms with E-state index in [1.807, 2.05) is 6.92 Å². The van der Waals surface area contributed by atoms with E-state index in [-0.39, 0.29) is 11.6 Å². The van der Waals surface area contributed by atoms with Gasteiger partial charge in [0.25, 0.3) is 0 Å². The van der Waals surface area contributed by atoms with Gasteiger partial charge in [0.05, 0.1) is 0 Å².